The Morgan fingerprint density at radius 3 is 2.55 bits per heavy atom. The number of aromatic nitrogens is 1. The summed E-state index contributed by atoms with van der Waals surface area (Å²) in [5, 5.41) is 10.6. The molecule has 1 aromatic heterocycles. The molecule has 2 fully saturated rings. The van der Waals surface area contributed by atoms with Gasteiger partial charge >= 0.3 is 6.18 Å². The van der Waals surface area contributed by atoms with Gasteiger partial charge in [0.1, 0.15) is 5.75 Å². The second-order valence-corrected chi connectivity index (χ2v) is 9.59. The maximum Gasteiger partial charge on any atom is 0.417 e. The number of rotatable bonds is 5. The van der Waals surface area contributed by atoms with E-state index in [0.717, 1.165) is 43.2 Å². The Labute approximate surface area is 195 Å². The van der Waals surface area contributed by atoms with E-state index in [9.17, 15) is 23.1 Å². The van der Waals surface area contributed by atoms with Crippen molar-refractivity contribution in [2.45, 2.75) is 63.3 Å². The fourth-order valence-electron chi connectivity index (χ4n) is 4.60. The average molecular weight is 483 g/mol. The quantitative estimate of drug-likeness (QED) is 0.600. The average Bonchev–Trinajstić information content (AvgIpc) is 3.10. The second-order valence-electron chi connectivity index (χ2n) is 9.19. The molecule has 1 aliphatic heterocycles. The summed E-state index contributed by atoms with van der Waals surface area (Å²) in [6.45, 7) is 2.57. The van der Waals surface area contributed by atoms with Gasteiger partial charge < -0.3 is 14.7 Å². The first-order valence-corrected chi connectivity index (χ1v) is 11.4. The maximum absolute atomic E-state index is 13.0. The lowest BCUT2D eigenvalue weighted by atomic mass is 9.83. The molecule has 178 valence electrons. The van der Waals surface area contributed by atoms with Crippen LogP contribution in [0.15, 0.2) is 36.5 Å². The molecule has 1 amide bonds. The number of hydrogen-bond donors (Lipinski definition) is 1. The SMILES string of the molecule is CC1(O)CCC(N2CCC(Cc3ccc(Oc4ccc(C(F)(F)F)cn4)cc3Cl)C2=O)CC1. The smallest absolute Gasteiger partial charge is 0.417 e. The summed E-state index contributed by atoms with van der Waals surface area (Å²) in [4.78, 5) is 18.7. The van der Waals surface area contributed by atoms with E-state index in [0.29, 0.717) is 36.6 Å². The van der Waals surface area contributed by atoms with E-state index in [4.69, 9.17) is 16.3 Å². The third kappa shape index (κ3) is 5.61. The van der Waals surface area contributed by atoms with Crippen molar-refractivity contribution in [1.82, 2.24) is 9.88 Å². The highest BCUT2D eigenvalue weighted by Crippen LogP contribution is 2.36. The number of hydrogen-bond acceptors (Lipinski definition) is 4. The third-order valence-electron chi connectivity index (χ3n) is 6.60. The molecule has 1 saturated carbocycles. The van der Waals surface area contributed by atoms with Crippen LogP contribution in [0.5, 0.6) is 11.6 Å². The zero-order chi connectivity index (χ0) is 23.8. The fraction of sp³-hybridized carbons (Fsp3) is 0.500. The Morgan fingerprint density at radius 1 is 1.21 bits per heavy atom. The van der Waals surface area contributed by atoms with Crippen molar-refractivity contribution in [3.05, 3.63) is 52.7 Å². The summed E-state index contributed by atoms with van der Waals surface area (Å²) in [5.41, 5.74) is -0.667. The molecule has 1 aliphatic carbocycles. The predicted molar refractivity (Wildman–Crippen MR) is 117 cm³/mol. The van der Waals surface area contributed by atoms with E-state index in [-0.39, 0.29) is 23.7 Å². The molecule has 1 unspecified atom stereocenters. The van der Waals surface area contributed by atoms with Gasteiger partial charge in [0.05, 0.1) is 11.2 Å². The first-order valence-electron chi connectivity index (χ1n) is 11.0. The molecule has 4 rings (SSSR count). The van der Waals surface area contributed by atoms with E-state index in [1.807, 2.05) is 11.8 Å². The van der Waals surface area contributed by atoms with Crippen molar-refractivity contribution in [1.29, 1.82) is 0 Å². The zero-order valence-corrected chi connectivity index (χ0v) is 19.0. The van der Waals surface area contributed by atoms with Crippen LogP contribution in [0, 0.1) is 5.92 Å². The van der Waals surface area contributed by atoms with E-state index in [2.05, 4.69) is 4.98 Å². The molecule has 0 bridgehead atoms. The monoisotopic (exact) mass is 482 g/mol. The predicted octanol–water partition coefficient (Wildman–Crippen LogP) is 5.63. The van der Waals surface area contributed by atoms with Gasteiger partial charge in [-0.3, -0.25) is 4.79 Å². The van der Waals surface area contributed by atoms with Crippen molar-refractivity contribution in [2.24, 2.45) is 5.92 Å². The summed E-state index contributed by atoms with van der Waals surface area (Å²) in [7, 11) is 0. The Balaban J connectivity index is 1.36. The number of amides is 1. The lowest BCUT2D eigenvalue weighted by Crippen LogP contribution is -2.43. The van der Waals surface area contributed by atoms with Crippen molar-refractivity contribution in [2.75, 3.05) is 6.54 Å². The highest BCUT2D eigenvalue weighted by atomic mass is 35.5. The molecular weight excluding hydrogens is 457 g/mol. The number of ether oxygens (including phenoxy) is 1. The molecule has 2 heterocycles. The van der Waals surface area contributed by atoms with Crippen molar-refractivity contribution in [3.63, 3.8) is 0 Å². The number of aliphatic hydroxyl groups is 1. The summed E-state index contributed by atoms with van der Waals surface area (Å²) in [6, 6.07) is 7.27. The van der Waals surface area contributed by atoms with Gasteiger partial charge in [-0.15, -0.1) is 0 Å². The lowest BCUT2D eigenvalue weighted by molar-refractivity contribution is -0.138. The standard InChI is InChI=1S/C24H26ClF3N2O3/c1-23(32)9-6-18(7-10-23)30-11-8-16(22(30)31)12-15-2-4-19(13-20(15)25)33-21-5-3-17(14-29-21)24(26,27)28/h2-5,13-14,16,18,32H,6-12H2,1H3. The van der Waals surface area contributed by atoms with Crippen LogP contribution in [-0.2, 0) is 17.4 Å². The van der Waals surface area contributed by atoms with Gasteiger partial charge in [0.15, 0.2) is 0 Å². The number of carbonyl (C=O) groups is 1. The minimum atomic E-state index is -4.46. The molecule has 1 saturated heterocycles. The van der Waals surface area contributed by atoms with Crippen molar-refractivity contribution in [3.8, 4) is 11.6 Å². The molecule has 5 nitrogen and oxygen atoms in total. The Kier molecular flexibility index (Phi) is 6.60. The number of likely N-dealkylation sites (tertiary alicyclic amines) is 1. The van der Waals surface area contributed by atoms with Gasteiger partial charge in [-0.25, -0.2) is 4.98 Å². The number of benzene rings is 1. The molecule has 1 N–H and O–H groups in total. The molecule has 9 heteroatoms. The molecule has 0 radical (unpaired) electrons. The summed E-state index contributed by atoms with van der Waals surface area (Å²) in [5.74, 6) is 0.365. The minimum absolute atomic E-state index is 0.0277. The molecule has 1 aromatic carbocycles. The minimum Gasteiger partial charge on any atom is -0.439 e. The van der Waals surface area contributed by atoms with Gasteiger partial charge in [-0.1, -0.05) is 17.7 Å². The zero-order valence-electron chi connectivity index (χ0n) is 18.2. The number of carbonyl (C=O) groups excluding carboxylic acids is 1. The van der Waals surface area contributed by atoms with Crippen molar-refractivity contribution < 1.29 is 27.8 Å². The molecule has 2 aliphatic rings. The fourth-order valence-corrected chi connectivity index (χ4v) is 4.85. The maximum atomic E-state index is 13.0. The van der Waals surface area contributed by atoms with Crippen LogP contribution in [0.2, 0.25) is 5.02 Å². The van der Waals surface area contributed by atoms with Crippen LogP contribution in [0.4, 0.5) is 13.2 Å². The van der Waals surface area contributed by atoms with Gasteiger partial charge in [0.25, 0.3) is 0 Å². The van der Waals surface area contributed by atoms with Crippen LogP contribution in [0.25, 0.3) is 0 Å². The van der Waals surface area contributed by atoms with E-state index >= 15 is 0 Å². The molecule has 2 aromatic rings. The summed E-state index contributed by atoms with van der Waals surface area (Å²) < 4.78 is 43.5. The van der Waals surface area contributed by atoms with Gasteiger partial charge in [-0.05, 0) is 69.2 Å². The Bertz CT molecular complexity index is 1000. The normalized spacial score (nSPS) is 26.0. The number of pyridine rings is 1. The van der Waals surface area contributed by atoms with Crippen LogP contribution < -0.4 is 4.74 Å². The van der Waals surface area contributed by atoms with Crippen LogP contribution in [0.1, 0.15) is 50.2 Å². The van der Waals surface area contributed by atoms with Crippen molar-refractivity contribution >= 4 is 17.5 Å². The largest absolute Gasteiger partial charge is 0.439 e. The topological polar surface area (TPSA) is 62.7 Å². The van der Waals surface area contributed by atoms with E-state index < -0.39 is 17.3 Å². The van der Waals surface area contributed by atoms with Gasteiger partial charge in [0.2, 0.25) is 11.8 Å². The molecular formula is C24H26ClF3N2O3. The third-order valence-corrected chi connectivity index (χ3v) is 6.95. The van der Waals surface area contributed by atoms with Crippen LogP contribution in [0.3, 0.4) is 0 Å². The number of halogens is 4. The summed E-state index contributed by atoms with van der Waals surface area (Å²) in [6.07, 6.45) is 0.566. The Hall–Kier alpha value is -2.32. The highest BCUT2D eigenvalue weighted by molar-refractivity contribution is 6.31. The summed E-state index contributed by atoms with van der Waals surface area (Å²) >= 11 is 6.42. The lowest BCUT2D eigenvalue weighted by Gasteiger charge is -2.37. The second kappa shape index (κ2) is 9.14. The highest BCUT2D eigenvalue weighted by Gasteiger charge is 2.39. The molecule has 33 heavy (non-hydrogen) atoms. The molecule has 0 spiro atoms. The number of nitrogens with zero attached hydrogens (tertiary/aromatic N) is 2. The molecule has 1 atom stereocenters. The number of alkyl halides is 3. The van der Waals surface area contributed by atoms with E-state index in [1.165, 1.54) is 0 Å². The van der Waals surface area contributed by atoms with Crippen LogP contribution >= 0.6 is 11.6 Å². The van der Waals surface area contributed by atoms with Gasteiger partial charge in [0, 0.05) is 35.8 Å². The van der Waals surface area contributed by atoms with E-state index in [1.54, 1.807) is 18.2 Å². The first-order chi connectivity index (χ1) is 15.5. The van der Waals surface area contributed by atoms with Gasteiger partial charge in [-0.2, -0.15) is 13.2 Å². The Morgan fingerprint density at radius 2 is 1.94 bits per heavy atom. The first kappa shape index (κ1) is 23.8. The van der Waals surface area contributed by atoms with Crippen LogP contribution in [-0.4, -0.2) is 39.1 Å².